The number of nitrogens with zero attached hydrogens (tertiary/aromatic N) is 3. The number of aromatic nitrogens is 2. The van der Waals surface area contributed by atoms with Crippen molar-refractivity contribution >= 4 is 22.6 Å². The van der Waals surface area contributed by atoms with E-state index in [0.29, 0.717) is 11.3 Å². The maximum Gasteiger partial charge on any atom is 0.257 e. The molecule has 0 amide bonds. The number of methoxy groups -OCH3 is 1. The van der Waals surface area contributed by atoms with Gasteiger partial charge in [0.15, 0.2) is 0 Å². The van der Waals surface area contributed by atoms with E-state index in [9.17, 15) is 4.79 Å². The predicted octanol–water partition coefficient (Wildman–Crippen LogP) is 6.02. The van der Waals surface area contributed by atoms with Gasteiger partial charge in [-0.2, -0.15) is 0 Å². The van der Waals surface area contributed by atoms with Crippen LogP contribution in [-0.2, 0) is 11.2 Å². The highest BCUT2D eigenvalue weighted by atomic mass is 16.5. The number of aliphatic imine (C=N–C) groups is 1. The molecule has 1 saturated heterocycles. The largest absolute Gasteiger partial charge is 0.495 e. The zero-order valence-electron chi connectivity index (χ0n) is 24.8. The second-order valence-electron chi connectivity index (χ2n) is 10.4. The lowest BCUT2D eigenvalue weighted by Crippen LogP contribution is -2.46. The molecule has 7 heteroatoms. The molecular formula is C33H44N4O3. The van der Waals surface area contributed by atoms with Crippen LogP contribution in [0.25, 0.3) is 16.3 Å². The average Bonchev–Trinajstić information content (AvgIpc) is 2.93. The highest BCUT2D eigenvalue weighted by Gasteiger charge is 2.26. The minimum absolute atomic E-state index is 0.0884. The van der Waals surface area contributed by atoms with Crippen LogP contribution in [0.5, 0.6) is 0 Å². The Kier molecular flexibility index (Phi) is 11.8. The van der Waals surface area contributed by atoms with Crippen molar-refractivity contribution in [1.82, 2.24) is 14.9 Å². The van der Waals surface area contributed by atoms with Crippen molar-refractivity contribution in [2.45, 2.75) is 59.8 Å². The molecule has 1 aromatic carbocycles. The van der Waals surface area contributed by atoms with Gasteiger partial charge in [-0.1, -0.05) is 50.1 Å². The first-order valence-electron chi connectivity index (χ1n) is 14.2. The highest BCUT2D eigenvalue weighted by Crippen LogP contribution is 2.26. The van der Waals surface area contributed by atoms with E-state index in [1.165, 1.54) is 11.1 Å². The number of likely N-dealkylation sites (tertiary alicyclic amines) is 1. The van der Waals surface area contributed by atoms with Crippen LogP contribution in [0.2, 0.25) is 0 Å². The molecule has 4 rings (SSSR count). The maximum absolute atomic E-state index is 12.2. The quantitative estimate of drug-likeness (QED) is 0.240. The van der Waals surface area contributed by atoms with Crippen LogP contribution < -0.4 is 5.56 Å². The van der Waals surface area contributed by atoms with Crippen molar-refractivity contribution < 1.29 is 9.84 Å². The Morgan fingerprint density at radius 3 is 2.55 bits per heavy atom. The Morgan fingerprint density at radius 1 is 1.20 bits per heavy atom. The number of nitrogens with one attached hydrogen (secondary N) is 1. The van der Waals surface area contributed by atoms with Gasteiger partial charge in [0.25, 0.3) is 5.56 Å². The summed E-state index contributed by atoms with van der Waals surface area (Å²) < 4.78 is 5.36. The summed E-state index contributed by atoms with van der Waals surface area (Å²) in [5.41, 5.74) is 6.41. The number of aliphatic hydroxyl groups is 1. The van der Waals surface area contributed by atoms with Crippen LogP contribution in [0.15, 0.2) is 69.9 Å². The monoisotopic (exact) mass is 544 g/mol. The van der Waals surface area contributed by atoms with Gasteiger partial charge in [0.1, 0.15) is 5.76 Å². The van der Waals surface area contributed by atoms with Crippen LogP contribution in [0.3, 0.4) is 0 Å². The number of hydrogen-bond acceptors (Lipinski definition) is 6. The lowest BCUT2D eigenvalue weighted by atomic mass is 9.91. The highest BCUT2D eigenvalue weighted by molar-refractivity contribution is 5.86. The summed E-state index contributed by atoms with van der Waals surface area (Å²) in [7, 11) is 1.65. The number of pyridine rings is 2. The molecule has 0 aliphatic carbocycles. The summed E-state index contributed by atoms with van der Waals surface area (Å²) in [6, 6.07) is 12.6. The van der Waals surface area contributed by atoms with E-state index >= 15 is 0 Å². The zero-order chi connectivity index (χ0) is 29.1. The molecular weight excluding hydrogens is 500 g/mol. The smallest absolute Gasteiger partial charge is 0.257 e. The van der Waals surface area contributed by atoms with Crippen molar-refractivity contribution in [1.29, 1.82) is 0 Å². The van der Waals surface area contributed by atoms with Crippen LogP contribution >= 0.6 is 0 Å². The molecule has 0 radical (unpaired) electrons. The number of aromatic amines is 1. The molecule has 0 bridgehead atoms. The minimum atomic E-state index is -0.0884. The Morgan fingerprint density at radius 2 is 1.93 bits per heavy atom. The van der Waals surface area contributed by atoms with E-state index in [1.807, 2.05) is 26.0 Å². The first kappa shape index (κ1) is 31.0. The number of benzene rings is 1. The molecule has 40 heavy (non-hydrogen) atoms. The molecule has 0 saturated carbocycles. The van der Waals surface area contributed by atoms with Crippen molar-refractivity contribution in [3.05, 3.63) is 93.0 Å². The Labute approximate surface area is 238 Å². The normalized spacial score (nSPS) is 15.0. The van der Waals surface area contributed by atoms with E-state index in [0.717, 1.165) is 72.6 Å². The first-order chi connectivity index (χ1) is 19.3. The number of β-amino-alcohol motifs (C(OH)–C–C–N with tert-alkyl or cyclic N) is 1. The number of aliphatic hydroxyl groups excluding tert-OH is 1. The second-order valence-corrected chi connectivity index (χ2v) is 10.4. The van der Waals surface area contributed by atoms with E-state index < -0.39 is 0 Å². The van der Waals surface area contributed by atoms with Gasteiger partial charge < -0.3 is 14.8 Å². The Balaban J connectivity index is 0.000000263. The fourth-order valence-electron chi connectivity index (χ4n) is 4.65. The van der Waals surface area contributed by atoms with Gasteiger partial charge in [-0.25, -0.2) is 0 Å². The third-order valence-corrected chi connectivity index (χ3v) is 7.27. The van der Waals surface area contributed by atoms with Gasteiger partial charge in [-0.05, 0) is 67.8 Å². The SMILES string of the molecule is CCCc1nc(/C(C)=C/N=CC(OC)=C(C)CC)cc2cc[nH]c(=O)c12.Cc1ccc(C2CN(CCO)C2)cc1. The summed E-state index contributed by atoms with van der Waals surface area (Å²) in [6.45, 7) is 13.6. The summed E-state index contributed by atoms with van der Waals surface area (Å²) in [6.07, 6.45) is 7.78. The number of hydrogen-bond donors (Lipinski definition) is 2. The molecule has 3 heterocycles. The fraction of sp³-hybridized carbons (Fsp3) is 0.424. The molecule has 2 N–H and O–H groups in total. The number of fused-ring (bicyclic) bond motifs is 1. The third-order valence-electron chi connectivity index (χ3n) is 7.27. The van der Waals surface area contributed by atoms with Crippen LogP contribution in [0.4, 0.5) is 0 Å². The van der Waals surface area contributed by atoms with Gasteiger partial charge in [0.2, 0.25) is 0 Å². The maximum atomic E-state index is 12.2. The number of H-pyrrole nitrogens is 1. The molecule has 7 nitrogen and oxygen atoms in total. The number of rotatable bonds is 10. The van der Waals surface area contributed by atoms with Gasteiger partial charge in [-0.3, -0.25) is 19.7 Å². The molecule has 2 aromatic heterocycles. The topological polar surface area (TPSA) is 90.8 Å². The molecule has 214 valence electrons. The van der Waals surface area contributed by atoms with Gasteiger partial charge in [0.05, 0.1) is 36.7 Å². The molecule has 1 fully saturated rings. The minimum Gasteiger partial charge on any atom is -0.495 e. The molecule has 1 aliphatic heterocycles. The van der Waals surface area contributed by atoms with Crippen molar-refractivity contribution in [2.75, 3.05) is 33.4 Å². The summed E-state index contributed by atoms with van der Waals surface area (Å²) in [4.78, 5) is 26.3. The molecule has 0 unspecified atom stereocenters. The first-order valence-corrected chi connectivity index (χ1v) is 14.2. The lowest BCUT2D eigenvalue weighted by Gasteiger charge is -2.39. The second kappa shape index (κ2) is 15.3. The number of aryl methyl sites for hydroxylation is 2. The third kappa shape index (κ3) is 8.23. The molecule has 0 spiro atoms. The summed E-state index contributed by atoms with van der Waals surface area (Å²) >= 11 is 0. The van der Waals surface area contributed by atoms with E-state index in [1.54, 1.807) is 25.7 Å². The predicted molar refractivity (Wildman–Crippen MR) is 166 cm³/mol. The molecule has 0 atom stereocenters. The van der Waals surface area contributed by atoms with E-state index in [2.05, 4.69) is 59.9 Å². The molecule has 3 aromatic rings. The average molecular weight is 545 g/mol. The Bertz CT molecular complexity index is 1400. The van der Waals surface area contributed by atoms with E-state index in [4.69, 9.17) is 14.8 Å². The lowest BCUT2D eigenvalue weighted by molar-refractivity contribution is 0.115. The van der Waals surface area contributed by atoms with Gasteiger partial charge in [-0.15, -0.1) is 0 Å². The van der Waals surface area contributed by atoms with Crippen molar-refractivity contribution in [3.8, 4) is 0 Å². The standard InChI is InChI=1S/C21H27N3O2.C12H17NO/c1-6-8-17-20-16(9-10-23-21(20)25)11-18(24-17)15(4)12-22-13-19(26-5)14(3)7-2;1-10-2-4-11(5-3-10)12-8-13(9-12)6-7-14/h9-13H,6-8H2,1-5H3,(H,23,25);2-5,12,14H,6-9H2,1H3/b15-12+,19-14?,22-13?;. The van der Waals surface area contributed by atoms with Gasteiger partial charge in [0, 0.05) is 37.9 Å². The summed E-state index contributed by atoms with van der Waals surface area (Å²) in [5, 5.41) is 10.3. The fourth-order valence-corrected chi connectivity index (χ4v) is 4.65. The Hall–Kier alpha value is -3.55. The zero-order valence-corrected chi connectivity index (χ0v) is 24.8. The van der Waals surface area contributed by atoms with Crippen LogP contribution in [-0.4, -0.2) is 59.5 Å². The van der Waals surface area contributed by atoms with E-state index in [-0.39, 0.29) is 12.2 Å². The number of ether oxygens (including phenoxy) is 1. The van der Waals surface area contributed by atoms with Crippen molar-refractivity contribution in [3.63, 3.8) is 0 Å². The van der Waals surface area contributed by atoms with Crippen LogP contribution in [0, 0.1) is 6.92 Å². The van der Waals surface area contributed by atoms with Gasteiger partial charge >= 0.3 is 0 Å². The van der Waals surface area contributed by atoms with Crippen LogP contribution in [0.1, 0.15) is 69.0 Å². The van der Waals surface area contributed by atoms with Crippen molar-refractivity contribution in [2.24, 2.45) is 4.99 Å². The number of allylic oxidation sites excluding steroid dienone is 3. The summed E-state index contributed by atoms with van der Waals surface area (Å²) in [5.74, 6) is 1.46. The molecule has 1 aliphatic rings.